The van der Waals surface area contributed by atoms with Crippen molar-refractivity contribution < 1.29 is 13.2 Å². The molecule has 0 unspecified atom stereocenters. The van der Waals surface area contributed by atoms with Crippen LogP contribution in [0, 0.1) is 6.92 Å². The van der Waals surface area contributed by atoms with E-state index >= 15 is 0 Å². The second-order valence-electron chi connectivity index (χ2n) is 5.44. The van der Waals surface area contributed by atoms with E-state index in [2.05, 4.69) is 10.0 Å². The number of anilines is 2. The largest absolute Gasteiger partial charge is 0.321 e. The number of carbonyl (C=O) groups is 1. The third-order valence-electron chi connectivity index (χ3n) is 3.44. The number of aryl methyl sites for hydroxylation is 1. The summed E-state index contributed by atoms with van der Waals surface area (Å²) in [5.74, 6) is -0.340. The molecule has 3 rings (SSSR count). The zero-order valence-electron chi connectivity index (χ0n) is 13.4. The molecule has 0 saturated carbocycles. The maximum absolute atomic E-state index is 12.4. The summed E-state index contributed by atoms with van der Waals surface area (Å²) >= 11 is 1.09. The lowest BCUT2D eigenvalue weighted by molar-refractivity contribution is 0.103. The number of thiophene rings is 1. The number of rotatable bonds is 5. The lowest BCUT2D eigenvalue weighted by atomic mass is 10.2. The molecule has 2 aromatic carbocycles. The van der Waals surface area contributed by atoms with Gasteiger partial charge in [-0.1, -0.05) is 35.9 Å². The van der Waals surface area contributed by atoms with Crippen molar-refractivity contribution in [1.29, 1.82) is 0 Å². The Balaban J connectivity index is 1.75. The van der Waals surface area contributed by atoms with Gasteiger partial charge in [-0.2, -0.15) is 0 Å². The standard InChI is InChI=1S/C18H16N2O3S2/c1-13-7-9-15(10-8-13)20-25(22,23)16-11-17(24-12-16)18(21)19-14-5-3-2-4-6-14/h2-12,20H,1H3,(H,19,21). The molecule has 25 heavy (non-hydrogen) atoms. The Morgan fingerprint density at radius 2 is 1.64 bits per heavy atom. The Kier molecular flexibility index (Phi) is 4.87. The van der Waals surface area contributed by atoms with Gasteiger partial charge in [-0.25, -0.2) is 8.42 Å². The molecule has 1 amide bonds. The van der Waals surface area contributed by atoms with Gasteiger partial charge in [0.25, 0.3) is 15.9 Å². The fourth-order valence-corrected chi connectivity index (χ4v) is 4.36. The van der Waals surface area contributed by atoms with Gasteiger partial charge in [-0.3, -0.25) is 9.52 Å². The van der Waals surface area contributed by atoms with E-state index in [1.54, 1.807) is 24.3 Å². The zero-order valence-corrected chi connectivity index (χ0v) is 15.0. The van der Waals surface area contributed by atoms with Gasteiger partial charge in [0.05, 0.1) is 9.77 Å². The van der Waals surface area contributed by atoms with Crippen molar-refractivity contribution in [3.05, 3.63) is 76.5 Å². The van der Waals surface area contributed by atoms with Crippen LogP contribution in [0.3, 0.4) is 0 Å². The van der Waals surface area contributed by atoms with Crippen LogP contribution in [-0.2, 0) is 10.0 Å². The molecule has 0 bridgehead atoms. The van der Waals surface area contributed by atoms with Crippen LogP contribution in [0.1, 0.15) is 15.2 Å². The fraction of sp³-hybridized carbons (Fsp3) is 0.0556. The van der Waals surface area contributed by atoms with E-state index in [1.807, 2.05) is 37.3 Å². The summed E-state index contributed by atoms with van der Waals surface area (Å²) in [6, 6.07) is 17.4. The van der Waals surface area contributed by atoms with E-state index in [9.17, 15) is 13.2 Å². The summed E-state index contributed by atoms with van der Waals surface area (Å²) in [6.07, 6.45) is 0. The molecule has 1 aromatic heterocycles. The second kappa shape index (κ2) is 7.08. The lowest BCUT2D eigenvalue weighted by Gasteiger charge is -2.06. The van der Waals surface area contributed by atoms with Crippen LogP contribution in [0.4, 0.5) is 11.4 Å². The Labute approximate surface area is 150 Å². The highest BCUT2D eigenvalue weighted by Crippen LogP contribution is 2.23. The van der Waals surface area contributed by atoms with Gasteiger partial charge < -0.3 is 5.32 Å². The number of carbonyl (C=O) groups excluding carboxylic acids is 1. The highest BCUT2D eigenvalue weighted by atomic mass is 32.2. The van der Waals surface area contributed by atoms with Crippen molar-refractivity contribution in [2.45, 2.75) is 11.8 Å². The number of sulfonamides is 1. The van der Waals surface area contributed by atoms with E-state index in [0.29, 0.717) is 16.3 Å². The quantitative estimate of drug-likeness (QED) is 0.708. The number of benzene rings is 2. The average molecular weight is 372 g/mol. The van der Waals surface area contributed by atoms with E-state index < -0.39 is 10.0 Å². The molecule has 0 atom stereocenters. The number of amides is 1. The maximum atomic E-state index is 12.4. The van der Waals surface area contributed by atoms with Crippen LogP contribution in [-0.4, -0.2) is 14.3 Å². The molecule has 128 valence electrons. The van der Waals surface area contributed by atoms with Crippen molar-refractivity contribution in [2.24, 2.45) is 0 Å². The Bertz CT molecular complexity index is 979. The van der Waals surface area contributed by atoms with Crippen molar-refractivity contribution >= 4 is 38.6 Å². The zero-order chi connectivity index (χ0) is 17.9. The minimum atomic E-state index is -3.73. The average Bonchev–Trinajstić information content (AvgIpc) is 3.09. The van der Waals surface area contributed by atoms with Crippen LogP contribution in [0.2, 0.25) is 0 Å². The first kappa shape index (κ1) is 17.2. The normalized spacial score (nSPS) is 11.1. The van der Waals surface area contributed by atoms with Crippen LogP contribution >= 0.6 is 11.3 Å². The number of nitrogens with one attached hydrogen (secondary N) is 2. The van der Waals surface area contributed by atoms with E-state index in [1.165, 1.54) is 11.4 Å². The van der Waals surface area contributed by atoms with Crippen molar-refractivity contribution in [2.75, 3.05) is 10.0 Å². The minimum absolute atomic E-state index is 0.0660. The Morgan fingerprint density at radius 1 is 0.960 bits per heavy atom. The molecular weight excluding hydrogens is 356 g/mol. The van der Waals surface area contributed by atoms with Gasteiger partial charge in [0.2, 0.25) is 0 Å². The summed E-state index contributed by atoms with van der Waals surface area (Å²) in [5, 5.41) is 4.19. The van der Waals surface area contributed by atoms with Crippen molar-refractivity contribution in [3.8, 4) is 0 Å². The van der Waals surface area contributed by atoms with Crippen LogP contribution in [0.15, 0.2) is 70.9 Å². The summed E-state index contributed by atoms with van der Waals surface area (Å²) in [5.41, 5.74) is 2.17. The van der Waals surface area contributed by atoms with Gasteiger partial charge in [0.1, 0.15) is 0 Å². The van der Waals surface area contributed by atoms with E-state index in [4.69, 9.17) is 0 Å². The van der Waals surface area contributed by atoms with E-state index in [-0.39, 0.29) is 10.8 Å². The highest BCUT2D eigenvalue weighted by Gasteiger charge is 2.19. The monoisotopic (exact) mass is 372 g/mol. The summed E-state index contributed by atoms with van der Waals surface area (Å²) in [6.45, 7) is 1.93. The molecule has 0 fully saturated rings. The first-order chi connectivity index (χ1) is 11.9. The third-order valence-corrected chi connectivity index (χ3v) is 5.88. The molecule has 5 nitrogen and oxygen atoms in total. The first-order valence-electron chi connectivity index (χ1n) is 7.48. The van der Waals surface area contributed by atoms with Gasteiger partial charge in [0.15, 0.2) is 0 Å². The van der Waals surface area contributed by atoms with Crippen molar-refractivity contribution in [3.63, 3.8) is 0 Å². The fourth-order valence-electron chi connectivity index (χ4n) is 2.13. The lowest BCUT2D eigenvalue weighted by Crippen LogP contribution is -2.13. The Morgan fingerprint density at radius 3 is 2.32 bits per heavy atom. The summed E-state index contributed by atoms with van der Waals surface area (Å²) in [4.78, 5) is 12.6. The summed E-state index contributed by atoms with van der Waals surface area (Å²) < 4.78 is 27.4. The molecule has 0 aliphatic heterocycles. The van der Waals surface area contributed by atoms with Crippen LogP contribution in [0.25, 0.3) is 0 Å². The van der Waals surface area contributed by atoms with Crippen LogP contribution < -0.4 is 10.0 Å². The molecule has 7 heteroatoms. The number of para-hydroxylation sites is 1. The molecule has 2 N–H and O–H groups in total. The smallest absolute Gasteiger partial charge is 0.265 e. The minimum Gasteiger partial charge on any atom is -0.321 e. The molecule has 0 aliphatic rings. The molecule has 0 aliphatic carbocycles. The predicted molar refractivity (Wildman–Crippen MR) is 101 cm³/mol. The maximum Gasteiger partial charge on any atom is 0.265 e. The number of hydrogen-bond donors (Lipinski definition) is 2. The van der Waals surface area contributed by atoms with Gasteiger partial charge in [-0.15, -0.1) is 11.3 Å². The first-order valence-corrected chi connectivity index (χ1v) is 9.85. The SMILES string of the molecule is Cc1ccc(NS(=O)(=O)c2csc(C(=O)Nc3ccccc3)c2)cc1. The third kappa shape index (κ3) is 4.26. The van der Waals surface area contributed by atoms with Gasteiger partial charge in [0, 0.05) is 16.8 Å². The molecule has 1 heterocycles. The molecule has 3 aromatic rings. The van der Waals surface area contributed by atoms with Gasteiger partial charge >= 0.3 is 0 Å². The van der Waals surface area contributed by atoms with Gasteiger partial charge in [-0.05, 0) is 37.3 Å². The highest BCUT2D eigenvalue weighted by molar-refractivity contribution is 7.92. The molecule has 0 radical (unpaired) electrons. The van der Waals surface area contributed by atoms with E-state index in [0.717, 1.165) is 16.9 Å². The van der Waals surface area contributed by atoms with Crippen LogP contribution in [0.5, 0.6) is 0 Å². The number of hydrogen-bond acceptors (Lipinski definition) is 4. The van der Waals surface area contributed by atoms with Crippen molar-refractivity contribution in [1.82, 2.24) is 0 Å². The summed E-state index contributed by atoms with van der Waals surface area (Å²) in [7, 11) is -3.73. The molecular formula is C18H16N2O3S2. The Hall–Kier alpha value is -2.64. The second-order valence-corrected chi connectivity index (χ2v) is 8.03. The molecule has 0 saturated heterocycles. The predicted octanol–water partition coefficient (Wildman–Crippen LogP) is 4.11. The topological polar surface area (TPSA) is 75.3 Å². The molecule has 0 spiro atoms.